The number of hydrogen-bond donors (Lipinski definition) is 1. The molecule has 0 bridgehead atoms. The second-order valence-electron chi connectivity index (χ2n) is 7.65. The summed E-state index contributed by atoms with van der Waals surface area (Å²) in [5.41, 5.74) is 1.90. The van der Waals surface area contributed by atoms with Gasteiger partial charge in [-0.3, -0.25) is 4.79 Å². The molecule has 32 heavy (non-hydrogen) atoms. The van der Waals surface area contributed by atoms with Gasteiger partial charge in [-0.15, -0.1) is 0 Å². The van der Waals surface area contributed by atoms with Crippen LogP contribution in [0.1, 0.15) is 48.7 Å². The van der Waals surface area contributed by atoms with Gasteiger partial charge in [-0.1, -0.05) is 12.1 Å². The Morgan fingerprint density at radius 2 is 1.94 bits per heavy atom. The fourth-order valence-corrected chi connectivity index (χ4v) is 3.81. The molecular formula is C25H28N2O5. The van der Waals surface area contributed by atoms with Crippen molar-refractivity contribution >= 4 is 5.91 Å². The van der Waals surface area contributed by atoms with Gasteiger partial charge in [0.15, 0.2) is 11.5 Å². The Morgan fingerprint density at radius 1 is 1.12 bits per heavy atom. The maximum atomic E-state index is 12.6. The summed E-state index contributed by atoms with van der Waals surface area (Å²) in [4.78, 5) is 17.1. The Bertz CT molecular complexity index is 1060. The lowest BCUT2D eigenvalue weighted by Crippen LogP contribution is -2.23. The van der Waals surface area contributed by atoms with Crippen LogP contribution in [0.4, 0.5) is 0 Å². The van der Waals surface area contributed by atoms with Gasteiger partial charge in [0, 0.05) is 5.56 Å². The van der Waals surface area contributed by atoms with Crippen molar-refractivity contribution in [2.24, 2.45) is 0 Å². The number of rotatable bonds is 9. The minimum absolute atomic E-state index is 0.217. The first-order valence-electron chi connectivity index (χ1n) is 11.0. The van der Waals surface area contributed by atoms with Crippen molar-refractivity contribution in [1.29, 1.82) is 0 Å². The SMILES string of the molecule is CCOc1ccccc1C(=O)NCc1coc(-c2ccc(OC)c(OC3CCCC3)c2)n1. The normalized spacial score (nSPS) is 13.7. The summed E-state index contributed by atoms with van der Waals surface area (Å²) >= 11 is 0. The third-order valence-corrected chi connectivity index (χ3v) is 5.42. The maximum Gasteiger partial charge on any atom is 0.255 e. The van der Waals surface area contributed by atoms with Crippen LogP contribution in [0.5, 0.6) is 17.2 Å². The zero-order chi connectivity index (χ0) is 22.3. The highest BCUT2D eigenvalue weighted by molar-refractivity contribution is 5.96. The number of nitrogens with one attached hydrogen (secondary N) is 1. The Balaban J connectivity index is 1.44. The van der Waals surface area contributed by atoms with Crippen molar-refractivity contribution in [2.45, 2.75) is 45.3 Å². The second-order valence-corrected chi connectivity index (χ2v) is 7.65. The number of carbonyl (C=O) groups excluding carboxylic acids is 1. The first-order chi connectivity index (χ1) is 15.7. The molecular weight excluding hydrogens is 408 g/mol. The smallest absolute Gasteiger partial charge is 0.255 e. The summed E-state index contributed by atoms with van der Waals surface area (Å²) in [5.74, 6) is 2.17. The lowest BCUT2D eigenvalue weighted by molar-refractivity contribution is 0.0946. The molecule has 168 valence electrons. The fourth-order valence-electron chi connectivity index (χ4n) is 3.81. The first-order valence-corrected chi connectivity index (χ1v) is 11.0. The molecule has 7 heteroatoms. The van der Waals surface area contributed by atoms with Crippen LogP contribution in [-0.2, 0) is 6.54 Å². The number of benzene rings is 2. The van der Waals surface area contributed by atoms with Crippen LogP contribution in [-0.4, -0.2) is 30.7 Å². The van der Waals surface area contributed by atoms with Crippen molar-refractivity contribution in [2.75, 3.05) is 13.7 Å². The van der Waals surface area contributed by atoms with E-state index in [0.717, 1.165) is 18.4 Å². The number of hydrogen-bond acceptors (Lipinski definition) is 6. The second kappa shape index (κ2) is 10.2. The number of para-hydroxylation sites is 1. The highest BCUT2D eigenvalue weighted by atomic mass is 16.5. The zero-order valence-corrected chi connectivity index (χ0v) is 18.4. The molecule has 0 unspecified atom stereocenters. The van der Waals surface area contributed by atoms with Gasteiger partial charge in [0.1, 0.15) is 12.0 Å². The Labute approximate surface area is 187 Å². The molecule has 0 spiro atoms. The van der Waals surface area contributed by atoms with E-state index in [2.05, 4.69) is 10.3 Å². The van der Waals surface area contributed by atoms with Crippen LogP contribution in [0.25, 0.3) is 11.5 Å². The molecule has 1 amide bonds. The van der Waals surface area contributed by atoms with Gasteiger partial charge in [-0.05, 0) is 62.9 Å². The third-order valence-electron chi connectivity index (χ3n) is 5.42. The molecule has 1 aromatic heterocycles. The van der Waals surface area contributed by atoms with E-state index < -0.39 is 0 Å². The van der Waals surface area contributed by atoms with Crippen LogP contribution < -0.4 is 19.5 Å². The first kappa shape index (κ1) is 21.7. The summed E-state index contributed by atoms with van der Waals surface area (Å²) in [6, 6.07) is 12.8. The minimum Gasteiger partial charge on any atom is -0.493 e. The van der Waals surface area contributed by atoms with Crippen LogP contribution in [0.2, 0.25) is 0 Å². The molecule has 2 aromatic carbocycles. The quantitative estimate of drug-likeness (QED) is 0.508. The monoisotopic (exact) mass is 436 g/mol. The van der Waals surface area contributed by atoms with E-state index in [1.54, 1.807) is 31.6 Å². The van der Waals surface area contributed by atoms with E-state index in [4.69, 9.17) is 18.6 Å². The lowest BCUT2D eigenvalue weighted by atomic mass is 10.2. The van der Waals surface area contributed by atoms with Crippen molar-refractivity contribution in [3.8, 4) is 28.7 Å². The van der Waals surface area contributed by atoms with Gasteiger partial charge >= 0.3 is 0 Å². The predicted octanol–water partition coefficient (Wildman–Crippen LogP) is 5.00. The largest absolute Gasteiger partial charge is 0.493 e. The number of methoxy groups -OCH3 is 1. The average Bonchev–Trinajstić information content (AvgIpc) is 3.50. The number of oxazole rings is 1. The van der Waals surface area contributed by atoms with E-state index in [1.807, 2.05) is 31.2 Å². The molecule has 1 N–H and O–H groups in total. The Kier molecular flexibility index (Phi) is 6.94. The van der Waals surface area contributed by atoms with E-state index in [-0.39, 0.29) is 18.6 Å². The van der Waals surface area contributed by atoms with Gasteiger partial charge in [-0.25, -0.2) is 4.98 Å². The number of aromatic nitrogens is 1. The topological polar surface area (TPSA) is 82.8 Å². The summed E-state index contributed by atoms with van der Waals surface area (Å²) < 4.78 is 22.8. The molecule has 1 heterocycles. The van der Waals surface area contributed by atoms with E-state index in [9.17, 15) is 4.79 Å². The molecule has 1 aliphatic rings. The zero-order valence-electron chi connectivity index (χ0n) is 18.4. The van der Waals surface area contributed by atoms with E-state index in [1.165, 1.54) is 12.8 Å². The van der Waals surface area contributed by atoms with Gasteiger partial charge in [-0.2, -0.15) is 0 Å². The highest BCUT2D eigenvalue weighted by Crippen LogP contribution is 2.35. The van der Waals surface area contributed by atoms with Crippen LogP contribution in [0, 0.1) is 0 Å². The molecule has 1 fully saturated rings. The minimum atomic E-state index is -0.227. The molecule has 7 nitrogen and oxygen atoms in total. The van der Waals surface area contributed by atoms with Crippen LogP contribution in [0.15, 0.2) is 53.1 Å². The van der Waals surface area contributed by atoms with Crippen molar-refractivity contribution in [1.82, 2.24) is 10.3 Å². The predicted molar refractivity (Wildman–Crippen MR) is 120 cm³/mol. The number of amides is 1. The number of ether oxygens (including phenoxy) is 3. The molecule has 0 radical (unpaired) electrons. The third kappa shape index (κ3) is 5.04. The van der Waals surface area contributed by atoms with Gasteiger partial charge < -0.3 is 23.9 Å². The summed E-state index contributed by atoms with van der Waals surface area (Å²) in [5, 5.41) is 2.87. The molecule has 3 aromatic rings. The van der Waals surface area contributed by atoms with E-state index >= 15 is 0 Å². The van der Waals surface area contributed by atoms with E-state index in [0.29, 0.717) is 41.0 Å². The molecule has 1 saturated carbocycles. The fraction of sp³-hybridized carbons (Fsp3) is 0.360. The molecule has 4 rings (SSSR count). The van der Waals surface area contributed by atoms with Crippen LogP contribution >= 0.6 is 0 Å². The van der Waals surface area contributed by atoms with Crippen molar-refractivity contribution in [3.63, 3.8) is 0 Å². The standard InChI is InChI=1S/C25H28N2O5/c1-3-30-21-11-7-6-10-20(21)24(28)26-15-18-16-31-25(27-18)17-12-13-22(29-2)23(14-17)32-19-8-4-5-9-19/h6-7,10-14,16,19H,3-5,8-9,15H2,1-2H3,(H,26,28). The number of carbonyl (C=O) groups is 1. The Hall–Kier alpha value is -3.48. The summed E-state index contributed by atoms with van der Waals surface area (Å²) in [7, 11) is 1.63. The van der Waals surface area contributed by atoms with Gasteiger partial charge in [0.05, 0.1) is 37.6 Å². The lowest BCUT2D eigenvalue weighted by Gasteiger charge is -2.16. The summed E-state index contributed by atoms with van der Waals surface area (Å²) in [6.45, 7) is 2.62. The van der Waals surface area contributed by atoms with Crippen LogP contribution in [0.3, 0.4) is 0 Å². The number of nitrogens with zero attached hydrogens (tertiary/aromatic N) is 1. The molecule has 1 aliphatic carbocycles. The molecule has 0 atom stereocenters. The Morgan fingerprint density at radius 3 is 2.72 bits per heavy atom. The van der Waals surface area contributed by atoms with Crippen molar-refractivity contribution in [3.05, 3.63) is 60.0 Å². The van der Waals surface area contributed by atoms with Crippen molar-refractivity contribution < 1.29 is 23.4 Å². The highest BCUT2D eigenvalue weighted by Gasteiger charge is 2.20. The maximum absolute atomic E-state index is 12.6. The van der Waals surface area contributed by atoms with Gasteiger partial charge in [0.2, 0.25) is 5.89 Å². The molecule has 0 aliphatic heterocycles. The van der Waals surface area contributed by atoms with Gasteiger partial charge in [0.25, 0.3) is 5.91 Å². The molecule has 0 saturated heterocycles. The summed E-state index contributed by atoms with van der Waals surface area (Å²) in [6.07, 6.45) is 6.26. The average molecular weight is 437 g/mol.